The summed E-state index contributed by atoms with van der Waals surface area (Å²) < 4.78 is 27.2. The first-order valence-electron chi connectivity index (χ1n) is 4.35. The third-order valence-corrected chi connectivity index (χ3v) is 3.50. The standard InChI is InChI=1S/C11H5ClF2IN/c12-11-9(15)4-6(5-16-11)7-2-1-3-8(13)10(7)14/h1-5H. The maximum atomic E-state index is 13.5. The van der Waals surface area contributed by atoms with Crippen LogP contribution in [0.1, 0.15) is 0 Å². The van der Waals surface area contributed by atoms with E-state index < -0.39 is 11.6 Å². The van der Waals surface area contributed by atoms with Gasteiger partial charge in [0.25, 0.3) is 0 Å². The summed E-state index contributed by atoms with van der Waals surface area (Å²) in [5.41, 5.74) is 0.688. The first-order valence-corrected chi connectivity index (χ1v) is 5.80. The molecular weight excluding hydrogens is 346 g/mol. The lowest BCUT2D eigenvalue weighted by molar-refractivity contribution is 0.511. The summed E-state index contributed by atoms with van der Waals surface area (Å²) >= 11 is 7.74. The van der Waals surface area contributed by atoms with Crippen LogP contribution in [0.4, 0.5) is 8.78 Å². The van der Waals surface area contributed by atoms with Gasteiger partial charge in [0.15, 0.2) is 11.6 Å². The van der Waals surface area contributed by atoms with Crippen molar-refractivity contribution in [1.29, 1.82) is 0 Å². The predicted molar refractivity (Wildman–Crippen MR) is 67.3 cm³/mol. The molecule has 0 saturated carbocycles. The molecule has 0 unspecified atom stereocenters. The Morgan fingerprint density at radius 1 is 1.25 bits per heavy atom. The number of hydrogen-bond acceptors (Lipinski definition) is 1. The van der Waals surface area contributed by atoms with Gasteiger partial charge >= 0.3 is 0 Å². The predicted octanol–water partition coefficient (Wildman–Crippen LogP) is 4.28. The molecule has 0 aliphatic carbocycles. The van der Waals surface area contributed by atoms with E-state index in [-0.39, 0.29) is 5.56 Å². The van der Waals surface area contributed by atoms with E-state index in [1.54, 1.807) is 6.07 Å². The van der Waals surface area contributed by atoms with Crippen LogP contribution in [0.15, 0.2) is 30.5 Å². The summed E-state index contributed by atoms with van der Waals surface area (Å²) in [6.07, 6.45) is 1.42. The Bertz CT molecular complexity index is 546. The molecule has 0 radical (unpaired) electrons. The highest BCUT2D eigenvalue weighted by Crippen LogP contribution is 2.27. The molecule has 5 heteroatoms. The molecule has 0 aliphatic rings. The minimum atomic E-state index is -0.873. The van der Waals surface area contributed by atoms with Crippen molar-refractivity contribution in [3.8, 4) is 11.1 Å². The zero-order valence-electron chi connectivity index (χ0n) is 7.85. The van der Waals surface area contributed by atoms with Crippen molar-refractivity contribution in [2.75, 3.05) is 0 Å². The molecule has 2 aromatic rings. The zero-order chi connectivity index (χ0) is 11.7. The Morgan fingerprint density at radius 2 is 2.00 bits per heavy atom. The van der Waals surface area contributed by atoms with Crippen LogP contribution < -0.4 is 0 Å². The van der Waals surface area contributed by atoms with Gasteiger partial charge in [0.1, 0.15) is 5.15 Å². The van der Waals surface area contributed by atoms with Crippen LogP contribution in [0.2, 0.25) is 5.15 Å². The minimum Gasteiger partial charge on any atom is -0.243 e. The van der Waals surface area contributed by atoms with Crippen LogP contribution in [0.25, 0.3) is 11.1 Å². The molecule has 2 rings (SSSR count). The van der Waals surface area contributed by atoms with Crippen LogP contribution in [-0.4, -0.2) is 4.98 Å². The average molecular weight is 352 g/mol. The summed E-state index contributed by atoms with van der Waals surface area (Å²) in [6.45, 7) is 0. The van der Waals surface area contributed by atoms with Crippen molar-refractivity contribution in [3.63, 3.8) is 0 Å². The zero-order valence-corrected chi connectivity index (χ0v) is 10.8. The number of hydrogen-bond donors (Lipinski definition) is 0. The number of aromatic nitrogens is 1. The second kappa shape index (κ2) is 4.63. The van der Waals surface area contributed by atoms with E-state index in [1.165, 1.54) is 18.3 Å². The van der Waals surface area contributed by atoms with E-state index in [0.717, 1.165) is 6.07 Å². The first kappa shape index (κ1) is 11.7. The molecule has 1 aromatic carbocycles. The Labute approximate surface area is 110 Å². The monoisotopic (exact) mass is 351 g/mol. The fraction of sp³-hybridized carbons (Fsp3) is 0. The first-order chi connectivity index (χ1) is 7.59. The molecule has 0 aliphatic heterocycles. The smallest absolute Gasteiger partial charge is 0.166 e. The Hall–Kier alpha value is -0.750. The second-order valence-corrected chi connectivity index (χ2v) is 4.62. The lowest BCUT2D eigenvalue weighted by atomic mass is 10.1. The number of nitrogens with zero attached hydrogens (tertiary/aromatic N) is 1. The molecule has 1 nitrogen and oxygen atoms in total. The lowest BCUT2D eigenvalue weighted by Gasteiger charge is -2.04. The second-order valence-electron chi connectivity index (χ2n) is 3.10. The molecule has 0 amide bonds. The normalized spacial score (nSPS) is 10.5. The van der Waals surface area contributed by atoms with E-state index in [9.17, 15) is 8.78 Å². The van der Waals surface area contributed by atoms with Gasteiger partial charge in [-0.3, -0.25) is 0 Å². The van der Waals surface area contributed by atoms with E-state index in [2.05, 4.69) is 4.98 Å². The largest absolute Gasteiger partial charge is 0.243 e. The summed E-state index contributed by atoms with van der Waals surface area (Å²) in [7, 11) is 0. The highest BCUT2D eigenvalue weighted by Gasteiger charge is 2.11. The van der Waals surface area contributed by atoms with Gasteiger partial charge in [0.05, 0.1) is 3.57 Å². The Morgan fingerprint density at radius 3 is 2.69 bits per heavy atom. The third kappa shape index (κ3) is 2.17. The quantitative estimate of drug-likeness (QED) is 0.552. The molecule has 16 heavy (non-hydrogen) atoms. The van der Waals surface area contributed by atoms with Gasteiger partial charge in [-0.05, 0) is 34.7 Å². The van der Waals surface area contributed by atoms with Crippen LogP contribution >= 0.6 is 34.2 Å². The number of benzene rings is 1. The molecule has 0 fully saturated rings. The van der Waals surface area contributed by atoms with Crippen LogP contribution in [0.5, 0.6) is 0 Å². The summed E-state index contributed by atoms with van der Waals surface area (Å²) in [4.78, 5) is 3.89. The third-order valence-electron chi connectivity index (χ3n) is 2.06. The van der Waals surface area contributed by atoms with Crippen molar-refractivity contribution < 1.29 is 8.78 Å². The number of halogens is 4. The highest BCUT2D eigenvalue weighted by atomic mass is 127. The Kier molecular flexibility index (Phi) is 3.39. The summed E-state index contributed by atoms with van der Waals surface area (Å²) in [6, 6.07) is 5.69. The number of rotatable bonds is 1. The van der Waals surface area contributed by atoms with E-state index in [1.807, 2.05) is 22.6 Å². The van der Waals surface area contributed by atoms with Gasteiger partial charge in [-0.2, -0.15) is 0 Å². The van der Waals surface area contributed by atoms with Gasteiger partial charge in [-0.1, -0.05) is 23.7 Å². The van der Waals surface area contributed by atoms with Gasteiger partial charge in [0, 0.05) is 17.3 Å². The lowest BCUT2D eigenvalue weighted by Crippen LogP contribution is -1.91. The van der Waals surface area contributed by atoms with Gasteiger partial charge in [-0.25, -0.2) is 13.8 Å². The molecule has 0 spiro atoms. The Balaban J connectivity index is 2.59. The minimum absolute atomic E-state index is 0.182. The van der Waals surface area contributed by atoms with E-state index in [4.69, 9.17) is 11.6 Å². The van der Waals surface area contributed by atoms with Crippen molar-refractivity contribution in [2.45, 2.75) is 0 Å². The van der Waals surface area contributed by atoms with Crippen LogP contribution in [0.3, 0.4) is 0 Å². The van der Waals surface area contributed by atoms with Gasteiger partial charge < -0.3 is 0 Å². The fourth-order valence-corrected chi connectivity index (χ4v) is 1.87. The molecule has 1 heterocycles. The summed E-state index contributed by atoms with van der Waals surface area (Å²) in [5.74, 6) is -1.75. The van der Waals surface area contributed by atoms with Crippen molar-refractivity contribution in [1.82, 2.24) is 4.98 Å². The SMILES string of the molecule is Fc1cccc(-c2cnc(Cl)c(I)c2)c1F. The van der Waals surface area contributed by atoms with E-state index in [0.29, 0.717) is 14.3 Å². The van der Waals surface area contributed by atoms with Crippen LogP contribution in [0, 0.1) is 15.2 Å². The molecule has 0 saturated heterocycles. The molecule has 0 atom stereocenters. The fourth-order valence-electron chi connectivity index (χ4n) is 1.30. The van der Waals surface area contributed by atoms with Crippen molar-refractivity contribution >= 4 is 34.2 Å². The maximum Gasteiger partial charge on any atom is 0.166 e. The average Bonchev–Trinajstić information content (AvgIpc) is 2.26. The molecule has 82 valence electrons. The van der Waals surface area contributed by atoms with Crippen molar-refractivity contribution in [2.24, 2.45) is 0 Å². The molecular formula is C11H5ClF2IN. The van der Waals surface area contributed by atoms with Gasteiger partial charge in [0.2, 0.25) is 0 Å². The summed E-state index contributed by atoms with van der Waals surface area (Å²) in [5, 5.41) is 0.348. The maximum absolute atomic E-state index is 13.5. The van der Waals surface area contributed by atoms with Crippen LogP contribution in [-0.2, 0) is 0 Å². The number of pyridine rings is 1. The highest BCUT2D eigenvalue weighted by molar-refractivity contribution is 14.1. The topological polar surface area (TPSA) is 12.9 Å². The van der Waals surface area contributed by atoms with Gasteiger partial charge in [-0.15, -0.1) is 0 Å². The van der Waals surface area contributed by atoms with E-state index >= 15 is 0 Å². The van der Waals surface area contributed by atoms with Crippen molar-refractivity contribution in [3.05, 3.63) is 50.8 Å². The molecule has 0 bridgehead atoms. The molecule has 0 N–H and O–H groups in total. The molecule has 1 aromatic heterocycles.